The van der Waals surface area contributed by atoms with E-state index in [0.717, 1.165) is 23.4 Å². The molecule has 0 aliphatic heterocycles. The Morgan fingerprint density at radius 1 is 1.11 bits per heavy atom. The topological polar surface area (TPSA) is 38.9 Å². The molecule has 0 saturated heterocycles. The number of pyridine rings is 1. The molecule has 2 heteroatoms. The van der Waals surface area contributed by atoms with Crippen LogP contribution in [0.2, 0.25) is 0 Å². The van der Waals surface area contributed by atoms with Crippen LogP contribution in [-0.4, -0.2) is 4.98 Å². The summed E-state index contributed by atoms with van der Waals surface area (Å²) in [4.78, 5) is 4.45. The average molecular weight is 256 g/mol. The first-order valence-electron chi connectivity index (χ1n) is 7.83. The fourth-order valence-corrected chi connectivity index (χ4v) is 5.58. The Labute approximate surface area is 115 Å². The summed E-state index contributed by atoms with van der Waals surface area (Å²) in [5, 5.41) is 0. The van der Waals surface area contributed by atoms with E-state index in [0.29, 0.717) is 5.41 Å². The Hall–Kier alpha value is -0.890. The molecule has 2 N–H and O–H groups in total. The van der Waals surface area contributed by atoms with Crippen molar-refractivity contribution in [2.45, 2.75) is 51.5 Å². The first kappa shape index (κ1) is 11.9. The molecule has 4 bridgehead atoms. The molecule has 0 aromatic carbocycles. The number of aromatic nitrogens is 1. The third-order valence-electron chi connectivity index (χ3n) is 6.04. The molecule has 2 nitrogen and oxygen atoms in total. The summed E-state index contributed by atoms with van der Waals surface area (Å²) in [7, 11) is 0. The maximum absolute atomic E-state index is 6.70. The van der Waals surface area contributed by atoms with Gasteiger partial charge in [-0.3, -0.25) is 4.98 Å². The molecule has 0 amide bonds. The summed E-state index contributed by atoms with van der Waals surface area (Å²) in [6, 6.07) is 4.51. The van der Waals surface area contributed by atoms with E-state index < -0.39 is 0 Å². The third kappa shape index (κ3) is 1.84. The van der Waals surface area contributed by atoms with Gasteiger partial charge in [0.05, 0.1) is 0 Å². The minimum absolute atomic E-state index is 0.203. The predicted octanol–water partition coefficient (Wildman–Crippen LogP) is 3.61. The van der Waals surface area contributed by atoms with Gasteiger partial charge >= 0.3 is 0 Å². The highest BCUT2D eigenvalue weighted by Gasteiger charge is 2.53. The second-order valence-electron chi connectivity index (χ2n) is 7.49. The number of hydrogen-bond acceptors (Lipinski definition) is 2. The first-order valence-corrected chi connectivity index (χ1v) is 7.83. The molecule has 0 radical (unpaired) electrons. The maximum atomic E-state index is 6.70. The van der Waals surface area contributed by atoms with Gasteiger partial charge < -0.3 is 5.73 Å². The van der Waals surface area contributed by atoms with Gasteiger partial charge in [0, 0.05) is 17.9 Å². The molecule has 5 rings (SSSR count). The minimum atomic E-state index is 0.203. The molecule has 1 atom stereocenters. The Kier molecular flexibility index (Phi) is 2.54. The van der Waals surface area contributed by atoms with Gasteiger partial charge in [-0.15, -0.1) is 0 Å². The van der Waals surface area contributed by atoms with Crippen LogP contribution in [0.4, 0.5) is 0 Å². The Morgan fingerprint density at radius 2 is 1.68 bits per heavy atom. The number of hydrogen-bond donors (Lipinski definition) is 1. The zero-order valence-corrected chi connectivity index (χ0v) is 11.8. The lowest BCUT2D eigenvalue weighted by Gasteiger charge is -2.59. The molecular weight excluding hydrogens is 232 g/mol. The summed E-state index contributed by atoms with van der Waals surface area (Å²) in [6.45, 7) is 2.04. The molecular formula is C17H24N2. The van der Waals surface area contributed by atoms with Crippen molar-refractivity contribution in [3.05, 3.63) is 29.6 Å². The van der Waals surface area contributed by atoms with E-state index in [1.807, 2.05) is 13.1 Å². The van der Waals surface area contributed by atoms with E-state index in [1.165, 1.54) is 44.1 Å². The van der Waals surface area contributed by atoms with Crippen LogP contribution in [0, 0.1) is 30.1 Å². The molecule has 102 valence electrons. The fraction of sp³-hybridized carbons (Fsp3) is 0.706. The summed E-state index contributed by atoms with van der Waals surface area (Å²) in [6.07, 6.45) is 10.6. The summed E-state index contributed by atoms with van der Waals surface area (Å²) in [5.41, 5.74) is 9.44. The van der Waals surface area contributed by atoms with Crippen molar-refractivity contribution < 1.29 is 0 Å². The SMILES string of the molecule is Cc1ccc(C(N)C23CC4CC(CC(C4)C2)C3)cn1. The Bertz CT molecular complexity index is 441. The van der Waals surface area contributed by atoms with Gasteiger partial charge in [-0.25, -0.2) is 0 Å². The van der Waals surface area contributed by atoms with Crippen LogP contribution in [-0.2, 0) is 0 Å². The van der Waals surface area contributed by atoms with Crippen LogP contribution in [0.5, 0.6) is 0 Å². The second kappa shape index (κ2) is 4.05. The van der Waals surface area contributed by atoms with Gasteiger partial charge in [0.25, 0.3) is 0 Å². The van der Waals surface area contributed by atoms with Gasteiger partial charge in [0.15, 0.2) is 0 Å². The number of nitrogens with zero attached hydrogens (tertiary/aromatic N) is 1. The van der Waals surface area contributed by atoms with E-state index in [1.54, 1.807) is 0 Å². The highest BCUT2D eigenvalue weighted by Crippen LogP contribution is 2.63. The molecule has 4 aliphatic carbocycles. The third-order valence-corrected chi connectivity index (χ3v) is 6.04. The largest absolute Gasteiger partial charge is 0.323 e. The van der Waals surface area contributed by atoms with Crippen LogP contribution < -0.4 is 5.73 Å². The van der Waals surface area contributed by atoms with Gasteiger partial charge in [0.2, 0.25) is 0 Å². The predicted molar refractivity (Wildman–Crippen MR) is 76.5 cm³/mol. The van der Waals surface area contributed by atoms with Crippen molar-refractivity contribution in [2.24, 2.45) is 28.9 Å². The monoisotopic (exact) mass is 256 g/mol. The van der Waals surface area contributed by atoms with Gasteiger partial charge in [-0.05, 0) is 80.2 Å². The molecule has 4 saturated carbocycles. The van der Waals surface area contributed by atoms with E-state index in [9.17, 15) is 0 Å². The zero-order valence-electron chi connectivity index (χ0n) is 11.8. The first-order chi connectivity index (χ1) is 9.14. The zero-order chi connectivity index (χ0) is 13.0. The molecule has 19 heavy (non-hydrogen) atoms. The summed E-state index contributed by atoms with van der Waals surface area (Å²) < 4.78 is 0. The fourth-order valence-electron chi connectivity index (χ4n) is 5.58. The molecule has 4 aliphatic rings. The molecule has 1 heterocycles. The highest BCUT2D eigenvalue weighted by atomic mass is 14.8. The van der Waals surface area contributed by atoms with E-state index in [-0.39, 0.29) is 6.04 Å². The lowest BCUT2D eigenvalue weighted by atomic mass is 9.47. The Balaban J connectivity index is 1.65. The molecule has 0 spiro atoms. The van der Waals surface area contributed by atoms with Crippen molar-refractivity contribution in [2.75, 3.05) is 0 Å². The minimum Gasteiger partial charge on any atom is -0.323 e. The molecule has 1 aromatic heterocycles. The average Bonchev–Trinajstić information content (AvgIpc) is 2.37. The van der Waals surface area contributed by atoms with Crippen molar-refractivity contribution in [3.8, 4) is 0 Å². The molecule has 1 unspecified atom stereocenters. The van der Waals surface area contributed by atoms with Crippen LogP contribution in [0.1, 0.15) is 55.8 Å². The molecule has 4 fully saturated rings. The van der Waals surface area contributed by atoms with Crippen molar-refractivity contribution in [1.29, 1.82) is 0 Å². The number of rotatable bonds is 2. The van der Waals surface area contributed by atoms with Crippen molar-refractivity contribution in [3.63, 3.8) is 0 Å². The van der Waals surface area contributed by atoms with Gasteiger partial charge in [-0.2, -0.15) is 0 Å². The van der Waals surface area contributed by atoms with E-state index in [2.05, 4.69) is 17.1 Å². The lowest BCUT2D eigenvalue weighted by molar-refractivity contribution is -0.0678. The summed E-state index contributed by atoms with van der Waals surface area (Å²) in [5.74, 6) is 2.90. The summed E-state index contributed by atoms with van der Waals surface area (Å²) >= 11 is 0. The number of aryl methyl sites for hydroxylation is 1. The van der Waals surface area contributed by atoms with Gasteiger partial charge in [0.1, 0.15) is 0 Å². The standard InChI is InChI=1S/C17H24N2/c1-11-2-3-15(10-19-11)16(18)17-7-12-4-13(8-17)6-14(5-12)9-17/h2-3,10,12-14,16H,4-9,18H2,1H3. The number of nitrogens with two attached hydrogens (primary N) is 1. The lowest BCUT2D eigenvalue weighted by Crippen LogP contribution is -2.50. The second-order valence-corrected chi connectivity index (χ2v) is 7.49. The van der Waals surface area contributed by atoms with Gasteiger partial charge in [-0.1, -0.05) is 6.07 Å². The van der Waals surface area contributed by atoms with E-state index in [4.69, 9.17) is 5.73 Å². The highest BCUT2D eigenvalue weighted by molar-refractivity contribution is 5.21. The maximum Gasteiger partial charge on any atom is 0.0372 e. The normalized spacial score (nSPS) is 41.5. The quantitative estimate of drug-likeness (QED) is 0.878. The van der Waals surface area contributed by atoms with E-state index >= 15 is 0 Å². The van der Waals surface area contributed by atoms with Crippen LogP contribution in [0.25, 0.3) is 0 Å². The molecule has 1 aromatic rings. The smallest absolute Gasteiger partial charge is 0.0372 e. The van der Waals surface area contributed by atoms with Crippen molar-refractivity contribution >= 4 is 0 Å². The Morgan fingerprint density at radius 3 is 2.16 bits per heavy atom. The van der Waals surface area contributed by atoms with Crippen LogP contribution in [0.15, 0.2) is 18.3 Å². The van der Waals surface area contributed by atoms with Crippen molar-refractivity contribution in [1.82, 2.24) is 4.98 Å². The van der Waals surface area contributed by atoms with Crippen LogP contribution in [0.3, 0.4) is 0 Å². The van der Waals surface area contributed by atoms with Crippen LogP contribution >= 0.6 is 0 Å².